The second kappa shape index (κ2) is 8.50. The van der Waals surface area contributed by atoms with Crippen molar-refractivity contribution in [3.05, 3.63) is 77.1 Å². The van der Waals surface area contributed by atoms with E-state index in [1.807, 2.05) is 0 Å². The Morgan fingerprint density at radius 3 is 2.17 bits per heavy atom. The molecule has 0 saturated heterocycles. The lowest BCUT2D eigenvalue weighted by atomic mass is 9.58. The molecule has 6 nitrogen and oxygen atoms in total. The summed E-state index contributed by atoms with van der Waals surface area (Å²) in [5.41, 5.74) is -2.85. The summed E-state index contributed by atoms with van der Waals surface area (Å²) in [6.07, 6.45) is -4.26. The molecule has 0 fully saturated rings. The molecular formula is C27H26F3NO5. The van der Waals surface area contributed by atoms with Crippen molar-refractivity contribution < 1.29 is 37.0 Å². The molecule has 2 aromatic carbocycles. The molecule has 0 saturated carbocycles. The molecule has 1 spiro atoms. The number of ketones is 1. The number of allylic oxidation sites excluding steroid dienone is 2. The molecule has 36 heavy (non-hydrogen) atoms. The van der Waals surface area contributed by atoms with Crippen LogP contribution in [0.1, 0.15) is 50.3 Å². The topological polar surface area (TPSA) is 72.9 Å². The number of alkyl halides is 3. The number of fused-ring (bicyclic) bond motifs is 2. The highest BCUT2D eigenvalue weighted by Crippen LogP contribution is 2.57. The lowest BCUT2D eigenvalue weighted by Crippen LogP contribution is -2.55. The third-order valence-electron chi connectivity index (χ3n) is 6.60. The first-order valence-corrected chi connectivity index (χ1v) is 11.4. The summed E-state index contributed by atoms with van der Waals surface area (Å²) in [7, 11) is 1.38. The number of halogens is 3. The number of carbonyl (C=O) groups is 3. The molecule has 9 heteroatoms. The Labute approximate surface area is 206 Å². The maximum absolute atomic E-state index is 14.2. The zero-order valence-corrected chi connectivity index (χ0v) is 20.5. The summed E-state index contributed by atoms with van der Waals surface area (Å²) in [5, 5.41) is 0. The fraction of sp³-hybridized carbons (Fsp3) is 0.370. The van der Waals surface area contributed by atoms with Gasteiger partial charge in [-0.3, -0.25) is 9.59 Å². The molecule has 2 aliphatic rings. The summed E-state index contributed by atoms with van der Waals surface area (Å²) >= 11 is 0. The van der Waals surface area contributed by atoms with E-state index in [1.54, 1.807) is 52.0 Å². The zero-order valence-electron chi connectivity index (χ0n) is 20.5. The van der Waals surface area contributed by atoms with Crippen molar-refractivity contribution in [2.45, 2.75) is 50.8 Å². The zero-order chi connectivity index (χ0) is 26.6. The largest absolute Gasteiger partial charge is 0.501 e. The number of methoxy groups -OCH3 is 1. The molecule has 0 bridgehead atoms. The van der Waals surface area contributed by atoms with Crippen LogP contribution in [0, 0.1) is 5.92 Å². The Balaban J connectivity index is 1.96. The predicted molar refractivity (Wildman–Crippen MR) is 125 cm³/mol. The number of rotatable bonds is 2. The van der Waals surface area contributed by atoms with Gasteiger partial charge in [0.2, 0.25) is 0 Å². The van der Waals surface area contributed by atoms with Crippen LogP contribution in [0.5, 0.6) is 0 Å². The van der Waals surface area contributed by atoms with E-state index in [1.165, 1.54) is 25.3 Å². The Bertz CT molecular complexity index is 1260. The molecule has 0 aromatic heterocycles. The molecule has 1 heterocycles. The molecule has 4 rings (SSSR count). The number of anilines is 1. The van der Waals surface area contributed by atoms with Crippen LogP contribution in [-0.4, -0.2) is 30.5 Å². The minimum absolute atomic E-state index is 0.198. The highest BCUT2D eigenvalue weighted by atomic mass is 19.4. The summed E-state index contributed by atoms with van der Waals surface area (Å²) < 4.78 is 50.6. The number of nitrogens with zero attached hydrogens (tertiary/aromatic N) is 1. The number of hydrogen-bond donors (Lipinski definition) is 0. The maximum Gasteiger partial charge on any atom is 0.421 e. The third-order valence-corrected chi connectivity index (χ3v) is 6.60. The van der Waals surface area contributed by atoms with Crippen molar-refractivity contribution in [1.82, 2.24) is 0 Å². The van der Waals surface area contributed by atoms with Gasteiger partial charge in [-0.25, -0.2) is 9.69 Å². The van der Waals surface area contributed by atoms with E-state index in [4.69, 9.17) is 9.47 Å². The molecule has 3 atom stereocenters. The first-order valence-electron chi connectivity index (χ1n) is 11.4. The molecule has 2 aromatic rings. The molecule has 1 aliphatic carbocycles. The van der Waals surface area contributed by atoms with Crippen LogP contribution in [0.15, 0.2) is 60.4 Å². The second-order valence-corrected chi connectivity index (χ2v) is 9.95. The minimum Gasteiger partial charge on any atom is -0.501 e. The van der Waals surface area contributed by atoms with E-state index in [0.717, 1.165) is 17.0 Å². The average molecular weight is 502 g/mol. The lowest BCUT2D eigenvalue weighted by molar-refractivity contribution is -0.138. The van der Waals surface area contributed by atoms with Gasteiger partial charge in [-0.05, 0) is 44.5 Å². The number of imide groups is 1. The Morgan fingerprint density at radius 2 is 1.61 bits per heavy atom. The first kappa shape index (κ1) is 25.5. The van der Waals surface area contributed by atoms with Crippen molar-refractivity contribution in [3.8, 4) is 0 Å². The molecule has 0 N–H and O–H groups in total. The highest BCUT2D eigenvalue weighted by Gasteiger charge is 2.65. The standard InChI is InChI=1S/C27H26F3NO5/c1-15-20(35-5)14-21(32)26(22(15)16-10-12-17(13-11-16)27(28,29)30)18-8-6-7-9-19(18)31(23(26)33)24(34)36-25(2,3)4/h6-15,22H,1-5H3/t15-,22-,26?/m0/s1. The van der Waals surface area contributed by atoms with Crippen molar-refractivity contribution in [1.29, 1.82) is 0 Å². The van der Waals surface area contributed by atoms with Gasteiger partial charge in [0.15, 0.2) is 5.78 Å². The highest BCUT2D eigenvalue weighted by molar-refractivity contribution is 6.32. The summed E-state index contributed by atoms with van der Waals surface area (Å²) in [6.45, 7) is 6.69. The van der Waals surface area contributed by atoms with Gasteiger partial charge in [-0.1, -0.05) is 37.3 Å². The van der Waals surface area contributed by atoms with E-state index in [2.05, 4.69) is 0 Å². The van der Waals surface area contributed by atoms with Crippen molar-refractivity contribution >= 4 is 23.5 Å². The fourth-order valence-corrected chi connectivity index (χ4v) is 5.16. The van der Waals surface area contributed by atoms with E-state index < -0.39 is 52.4 Å². The van der Waals surface area contributed by atoms with Gasteiger partial charge in [-0.15, -0.1) is 0 Å². The number of carbonyl (C=O) groups excluding carboxylic acids is 3. The molecule has 190 valence electrons. The SMILES string of the molecule is COC1=CC(=O)C2(C(=O)N(C(=O)OC(C)(C)C)c3ccccc32)[C@H](c2ccc(C(F)(F)F)cc2)[C@H]1C. The minimum atomic E-state index is -4.55. The van der Waals surface area contributed by atoms with Crippen LogP contribution in [0.3, 0.4) is 0 Å². The molecule has 0 radical (unpaired) electrons. The van der Waals surface area contributed by atoms with Crippen molar-refractivity contribution in [3.63, 3.8) is 0 Å². The van der Waals surface area contributed by atoms with Crippen molar-refractivity contribution in [2.24, 2.45) is 5.92 Å². The molecule has 2 amide bonds. The first-order chi connectivity index (χ1) is 16.7. The summed E-state index contributed by atoms with van der Waals surface area (Å²) in [4.78, 5) is 42.0. The van der Waals surface area contributed by atoms with Gasteiger partial charge in [-0.2, -0.15) is 13.2 Å². The van der Waals surface area contributed by atoms with Crippen LogP contribution < -0.4 is 4.90 Å². The number of amides is 2. The van der Waals surface area contributed by atoms with Crippen LogP contribution in [0.4, 0.5) is 23.7 Å². The van der Waals surface area contributed by atoms with E-state index >= 15 is 0 Å². The number of ether oxygens (including phenoxy) is 2. The predicted octanol–water partition coefficient (Wildman–Crippen LogP) is 5.76. The molecule has 1 unspecified atom stereocenters. The van der Waals surface area contributed by atoms with Crippen molar-refractivity contribution in [2.75, 3.05) is 12.0 Å². The lowest BCUT2D eigenvalue weighted by Gasteiger charge is -2.42. The average Bonchev–Trinajstić information content (AvgIpc) is 3.04. The Kier molecular flexibility index (Phi) is 6.01. The smallest absolute Gasteiger partial charge is 0.421 e. The second-order valence-electron chi connectivity index (χ2n) is 9.95. The van der Waals surface area contributed by atoms with Crippen LogP contribution in [0.2, 0.25) is 0 Å². The Hall–Kier alpha value is -3.62. The number of benzene rings is 2. The van der Waals surface area contributed by atoms with Gasteiger partial charge in [0.05, 0.1) is 18.4 Å². The quantitative estimate of drug-likeness (QED) is 0.490. The maximum atomic E-state index is 14.2. The number of hydrogen-bond acceptors (Lipinski definition) is 5. The van der Waals surface area contributed by atoms with Gasteiger partial charge >= 0.3 is 12.3 Å². The van der Waals surface area contributed by atoms with E-state index in [-0.39, 0.29) is 17.0 Å². The number of para-hydroxylation sites is 1. The van der Waals surface area contributed by atoms with Crippen LogP contribution >= 0.6 is 0 Å². The van der Waals surface area contributed by atoms with Gasteiger partial charge in [0.1, 0.15) is 16.8 Å². The summed E-state index contributed by atoms with van der Waals surface area (Å²) in [5.74, 6) is -2.68. The normalized spacial score (nSPS) is 24.0. The van der Waals surface area contributed by atoms with Gasteiger partial charge < -0.3 is 9.47 Å². The van der Waals surface area contributed by atoms with E-state index in [0.29, 0.717) is 5.56 Å². The monoisotopic (exact) mass is 501 g/mol. The van der Waals surface area contributed by atoms with Gasteiger partial charge in [0.25, 0.3) is 5.91 Å². The fourth-order valence-electron chi connectivity index (χ4n) is 5.16. The van der Waals surface area contributed by atoms with Crippen LogP contribution in [0.25, 0.3) is 0 Å². The van der Waals surface area contributed by atoms with E-state index in [9.17, 15) is 27.6 Å². The van der Waals surface area contributed by atoms with Gasteiger partial charge in [0, 0.05) is 23.5 Å². The van der Waals surface area contributed by atoms with Crippen LogP contribution in [-0.2, 0) is 30.7 Å². The Morgan fingerprint density at radius 1 is 1.00 bits per heavy atom. The molecule has 1 aliphatic heterocycles. The molecular weight excluding hydrogens is 475 g/mol. The third kappa shape index (κ3) is 3.86. The summed E-state index contributed by atoms with van der Waals surface area (Å²) in [6, 6.07) is 10.8.